The molecule has 1 aliphatic heterocycles. The van der Waals surface area contributed by atoms with Gasteiger partial charge in [-0.05, 0) is 85.5 Å². The fraction of sp³-hybridized carbons (Fsp3) is 0.400. The third kappa shape index (κ3) is 3.36. The van der Waals surface area contributed by atoms with E-state index in [0.29, 0.717) is 17.4 Å². The van der Waals surface area contributed by atoms with E-state index in [9.17, 15) is 9.90 Å². The summed E-state index contributed by atoms with van der Waals surface area (Å²) in [6.45, 7) is 4.32. The molecule has 4 heteroatoms. The maximum absolute atomic E-state index is 11.2. The van der Waals surface area contributed by atoms with Crippen molar-refractivity contribution in [3.05, 3.63) is 70.4 Å². The third-order valence-corrected chi connectivity index (χ3v) is 6.88. The summed E-state index contributed by atoms with van der Waals surface area (Å²) in [5.74, 6) is 0.842. The quantitative estimate of drug-likeness (QED) is 0.651. The monoisotopic (exact) mass is 388 g/mol. The molecule has 2 N–H and O–H groups in total. The first kappa shape index (κ1) is 18.4. The smallest absolute Gasteiger partial charge is 0.335 e. The zero-order chi connectivity index (χ0) is 20.1. The maximum atomic E-state index is 11.2. The maximum Gasteiger partial charge on any atom is 0.335 e. The van der Waals surface area contributed by atoms with Crippen LogP contribution in [0.3, 0.4) is 0 Å². The number of aromatic carboxylic acids is 1. The van der Waals surface area contributed by atoms with Crippen LogP contribution in [0.25, 0.3) is 10.9 Å². The summed E-state index contributed by atoms with van der Waals surface area (Å²) in [6.07, 6.45) is 5.77. The molecule has 1 saturated heterocycles. The number of hydrogen-bond acceptors (Lipinski definition) is 2. The first-order valence-electron chi connectivity index (χ1n) is 10.6. The summed E-state index contributed by atoms with van der Waals surface area (Å²) in [5, 5.41) is 10.6. The van der Waals surface area contributed by atoms with E-state index in [0.717, 1.165) is 25.4 Å². The number of H-pyrrole nitrogens is 1. The van der Waals surface area contributed by atoms with Crippen LogP contribution in [-0.4, -0.2) is 41.1 Å². The van der Waals surface area contributed by atoms with Crippen LogP contribution in [0.2, 0.25) is 0 Å². The van der Waals surface area contributed by atoms with Gasteiger partial charge in [-0.1, -0.05) is 18.2 Å². The van der Waals surface area contributed by atoms with E-state index in [-0.39, 0.29) is 0 Å². The molecule has 29 heavy (non-hydrogen) atoms. The fourth-order valence-corrected chi connectivity index (χ4v) is 5.29. The van der Waals surface area contributed by atoms with Gasteiger partial charge in [0.15, 0.2) is 0 Å². The highest BCUT2D eigenvalue weighted by Gasteiger charge is 2.35. The molecular weight excluding hydrogens is 360 g/mol. The number of nitrogens with zero attached hydrogens (tertiary/aromatic N) is 1. The van der Waals surface area contributed by atoms with Crippen molar-refractivity contribution in [2.24, 2.45) is 5.92 Å². The summed E-state index contributed by atoms with van der Waals surface area (Å²) < 4.78 is 0. The zero-order valence-corrected chi connectivity index (χ0v) is 17.1. The van der Waals surface area contributed by atoms with Gasteiger partial charge in [0.05, 0.1) is 5.56 Å². The Morgan fingerprint density at radius 2 is 1.93 bits per heavy atom. The van der Waals surface area contributed by atoms with Crippen molar-refractivity contribution in [3.63, 3.8) is 0 Å². The first-order valence-corrected chi connectivity index (χ1v) is 10.6. The molecular formula is C25H28N2O2. The Kier molecular flexibility index (Phi) is 4.47. The summed E-state index contributed by atoms with van der Waals surface area (Å²) in [6, 6.07) is 12.2. The van der Waals surface area contributed by atoms with Crippen molar-refractivity contribution in [1.82, 2.24) is 9.88 Å². The second-order valence-electron chi connectivity index (χ2n) is 9.02. The summed E-state index contributed by atoms with van der Waals surface area (Å²) in [4.78, 5) is 17.1. The van der Waals surface area contributed by atoms with Gasteiger partial charge in [-0.2, -0.15) is 0 Å². The lowest BCUT2D eigenvalue weighted by molar-refractivity contribution is 0.0697. The van der Waals surface area contributed by atoms with Gasteiger partial charge in [-0.25, -0.2) is 4.79 Å². The largest absolute Gasteiger partial charge is 0.478 e. The van der Waals surface area contributed by atoms with Crippen LogP contribution in [0.5, 0.6) is 0 Å². The Morgan fingerprint density at radius 3 is 2.62 bits per heavy atom. The molecule has 0 bridgehead atoms. The molecule has 5 rings (SSSR count). The Morgan fingerprint density at radius 1 is 1.17 bits per heavy atom. The van der Waals surface area contributed by atoms with Gasteiger partial charge in [-0.15, -0.1) is 0 Å². The third-order valence-electron chi connectivity index (χ3n) is 6.88. The lowest BCUT2D eigenvalue weighted by Crippen LogP contribution is -2.16. The van der Waals surface area contributed by atoms with Crippen molar-refractivity contribution in [2.45, 2.75) is 38.0 Å². The van der Waals surface area contributed by atoms with Crippen molar-refractivity contribution in [3.8, 4) is 0 Å². The SMILES string of the molecule is Cc1cc(C2CC2)c(C[C@@H]2CN(C)C[C@H]2c2ccc(C(=O)O)cc2)c2cc[nH]c12. The Bertz CT molecular complexity index is 1060. The molecule has 2 atom stereocenters. The van der Waals surface area contributed by atoms with Crippen LogP contribution >= 0.6 is 0 Å². The van der Waals surface area contributed by atoms with Crippen LogP contribution in [0, 0.1) is 12.8 Å². The van der Waals surface area contributed by atoms with Crippen LogP contribution in [-0.2, 0) is 6.42 Å². The number of carboxylic acid groups (broad SMARTS) is 1. The number of hydrogen-bond donors (Lipinski definition) is 2. The van der Waals surface area contributed by atoms with Crippen molar-refractivity contribution in [1.29, 1.82) is 0 Å². The number of likely N-dealkylation sites (N-methyl/N-ethyl adjacent to an activating group) is 1. The molecule has 1 aliphatic carbocycles. The minimum absolute atomic E-state index is 0.361. The highest BCUT2D eigenvalue weighted by Crippen LogP contribution is 2.46. The number of aromatic nitrogens is 1. The molecule has 0 spiro atoms. The minimum atomic E-state index is -0.861. The van der Waals surface area contributed by atoms with Crippen LogP contribution in [0.4, 0.5) is 0 Å². The number of carbonyl (C=O) groups is 1. The van der Waals surface area contributed by atoms with E-state index in [1.165, 1.54) is 40.4 Å². The van der Waals surface area contributed by atoms with Crippen molar-refractivity contribution in [2.75, 3.05) is 20.1 Å². The number of carboxylic acids is 1. The van der Waals surface area contributed by atoms with Gasteiger partial charge in [0.2, 0.25) is 0 Å². The van der Waals surface area contributed by atoms with E-state index in [4.69, 9.17) is 0 Å². The molecule has 1 saturated carbocycles. The van der Waals surface area contributed by atoms with E-state index >= 15 is 0 Å². The Balaban J connectivity index is 1.50. The summed E-state index contributed by atoms with van der Waals surface area (Å²) in [5.41, 5.74) is 7.33. The molecule has 4 nitrogen and oxygen atoms in total. The molecule has 2 heterocycles. The first-order chi connectivity index (χ1) is 14.0. The Labute approximate surface area is 171 Å². The van der Waals surface area contributed by atoms with E-state index < -0.39 is 5.97 Å². The van der Waals surface area contributed by atoms with Gasteiger partial charge in [0.25, 0.3) is 0 Å². The van der Waals surface area contributed by atoms with Gasteiger partial charge < -0.3 is 15.0 Å². The number of benzene rings is 2. The number of fused-ring (bicyclic) bond motifs is 1. The van der Waals surface area contributed by atoms with Gasteiger partial charge in [-0.3, -0.25) is 0 Å². The van der Waals surface area contributed by atoms with Gasteiger partial charge in [0, 0.05) is 36.1 Å². The molecule has 150 valence electrons. The van der Waals surface area contributed by atoms with Crippen LogP contribution < -0.4 is 0 Å². The molecule has 2 aliphatic rings. The van der Waals surface area contributed by atoms with Crippen LogP contribution in [0.1, 0.15) is 57.3 Å². The summed E-state index contributed by atoms with van der Waals surface area (Å²) in [7, 11) is 2.20. The molecule has 0 amide bonds. The molecule has 3 aromatic rings. The molecule has 0 unspecified atom stereocenters. The van der Waals surface area contributed by atoms with E-state index in [1.54, 1.807) is 17.7 Å². The number of aryl methyl sites for hydroxylation is 1. The second kappa shape index (κ2) is 7.03. The normalized spacial score (nSPS) is 22.4. The molecule has 0 radical (unpaired) electrons. The van der Waals surface area contributed by atoms with Crippen molar-refractivity contribution >= 4 is 16.9 Å². The van der Waals surface area contributed by atoms with Crippen molar-refractivity contribution < 1.29 is 9.90 Å². The lowest BCUT2D eigenvalue weighted by Gasteiger charge is -2.22. The zero-order valence-electron chi connectivity index (χ0n) is 17.1. The number of likely N-dealkylation sites (tertiary alicyclic amines) is 1. The highest BCUT2D eigenvalue weighted by atomic mass is 16.4. The molecule has 2 aromatic carbocycles. The number of nitrogens with one attached hydrogen (secondary N) is 1. The number of rotatable bonds is 5. The lowest BCUT2D eigenvalue weighted by atomic mass is 9.82. The molecule has 2 fully saturated rings. The van der Waals surface area contributed by atoms with E-state index in [1.807, 2.05) is 12.1 Å². The predicted molar refractivity (Wildman–Crippen MR) is 116 cm³/mol. The van der Waals surface area contributed by atoms with Gasteiger partial charge in [0.1, 0.15) is 0 Å². The minimum Gasteiger partial charge on any atom is -0.478 e. The highest BCUT2D eigenvalue weighted by molar-refractivity contribution is 5.88. The topological polar surface area (TPSA) is 56.3 Å². The average Bonchev–Trinajstić information content (AvgIpc) is 3.30. The standard InChI is InChI=1S/C25H28N2O2/c1-15-11-21(16-3-4-16)22(20-9-10-26-24(15)20)12-19-13-27(2)14-23(19)17-5-7-18(8-6-17)25(28)29/h5-11,16,19,23,26H,3-4,12-14H2,1-2H3,(H,28,29)/t19-,23+/m1/s1. The number of aromatic amines is 1. The van der Waals surface area contributed by atoms with Crippen LogP contribution in [0.15, 0.2) is 42.6 Å². The molecule has 1 aromatic heterocycles. The van der Waals surface area contributed by atoms with E-state index in [2.05, 4.69) is 42.2 Å². The fourth-order valence-electron chi connectivity index (χ4n) is 5.29. The second-order valence-corrected chi connectivity index (χ2v) is 9.02. The van der Waals surface area contributed by atoms with Gasteiger partial charge >= 0.3 is 5.97 Å². The average molecular weight is 389 g/mol. The summed E-state index contributed by atoms with van der Waals surface area (Å²) >= 11 is 0. The Hall–Kier alpha value is -2.59. The predicted octanol–water partition coefficient (Wildman–Crippen LogP) is 4.94.